The van der Waals surface area contributed by atoms with E-state index in [1.54, 1.807) is 0 Å². The van der Waals surface area contributed by atoms with Crippen LogP contribution in [-0.4, -0.2) is 25.5 Å². The molecule has 1 aliphatic carbocycles. The van der Waals surface area contributed by atoms with Crippen molar-refractivity contribution in [2.45, 2.75) is 42.4 Å². The van der Waals surface area contributed by atoms with E-state index in [1.807, 2.05) is 11.8 Å². The van der Waals surface area contributed by atoms with Crippen LogP contribution in [0.5, 0.6) is 0 Å². The van der Waals surface area contributed by atoms with Gasteiger partial charge in [-0.25, -0.2) is 13.1 Å². The third kappa shape index (κ3) is 3.99. The summed E-state index contributed by atoms with van der Waals surface area (Å²) in [5.41, 5.74) is 5.78. The fourth-order valence-corrected chi connectivity index (χ4v) is 5.66. The second kappa shape index (κ2) is 6.96. The molecule has 0 amide bonds. The van der Waals surface area contributed by atoms with Crippen LogP contribution in [0.15, 0.2) is 17.0 Å². The van der Waals surface area contributed by atoms with Crippen molar-refractivity contribution in [1.82, 2.24) is 4.72 Å². The van der Waals surface area contributed by atoms with Gasteiger partial charge in [0.05, 0.1) is 15.7 Å². The van der Waals surface area contributed by atoms with Gasteiger partial charge in [-0.05, 0) is 37.1 Å². The van der Waals surface area contributed by atoms with Gasteiger partial charge in [-0.2, -0.15) is 11.8 Å². The topological polar surface area (TPSA) is 72.2 Å². The van der Waals surface area contributed by atoms with E-state index in [0.717, 1.165) is 25.0 Å². The van der Waals surface area contributed by atoms with Gasteiger partial charge in [0, 0.05) is 11.3 Å². The molecule has 1 aromatic rings. The largest absolute Gasteiger partial charge is 0.396 e. The van der Waals surface area contributed by atoms with Gasteiger partial charge in [-0.15, -0.1) is 0 Å². The molecule has 0 saturated heterocycles. The zero-order valence-electron chi connectivity index (χ0n) is 11.6. The van der Waals surface area contributed by atoms with E-state index in [0.29, 0.717) is 5.25 Å². The molecule has 8 heteroatoms. The first-order chi connectivity index (χ1) is 9.85. The van der Waals surface area contributed by atoms with E-state index in [1.165, 1.54) is 12.1 Å². The van der Waals surface area contributed by atoms with Gasteiger partial charge >= 0.3 is 0 Å². The van der Waals surface area contributed by atoms with Gasteiger partial charge < -0.3 is 5.73 Å². The molecule has 2 atom stereocenters. The van der Waals surface area contributed by atoms with Crippen molar-refractivity contribution in [3.8, 4) is 0 Å². The van der Waals surface area contributed by atoms with Crippen LogP contribution in [0.2, 0.25) is 10.0 Å². The van der Waals surface area contributed by atoms with Gasteiger partial charge in [0.25, 0.3) is 0 Å². The lowest BCUT2D eigenvalue weighted by molar-refractivity contribution is 0.552. The standard InChI is InChI=1S/C13H18Cl2N2O2S2/c1-2-20-9-4-3-8(7-9)17-21(18,19)11-6-5-10(14)13(16)12(11)15/h5-6,8-9,17H,2-4,7,16H2,1H3. The number of benzene rings is 1. The van der Waals surface area contributed by atoms with Crippen LogP contribution in [0.3, 0.4) is 0 Å². The molecule has 2 unspecified atom stereocenters. The fourth-order valence-electron chi connectivity index (χ4n) is 2.47. The molecule has 1 aromatic carbocycles. The van der Waals surface area contributed by atoms with Crippen LogP contribution in [0, 0.1) is 0 Å². The fraction of sp³-hybridized carbons (Fsp3) is 0.538. The van der Waals surface area contributed by atoms with E-state index < -0.39 is 10.0 Å². The smallest absolute Gasteiger partial charge is 0.242 e. The average molecular weight is 369 g/mol. The van der Waals surface area contributed by atoms with Crippen molar-refractivity contribution in [2.75, 3.05) is 11.5 Å². The number of sulfonamides is 1. The first kappa shape index (κ1) is 17.2. The van der Waals surface area contributed by atoms with E-state index in [9.17, 15) is 8.42 Å². The summed E-state index contributed by atoms with van der Waals surface area (Å²) in [5.74, 6) is 1.05. The summed E-state index contributed by atoms with van der Waals surface area (Å²) in [7, 11) is -3.68. The summed E-state index contributed by atoms with van der Waals surface area (Å²) in [5, 5.41) is 0.750. The van der Waals surface area contributed by atoms with Crippen molar-refractivity contribution in [2.24, 2.45) is 0 Å². The third-order valence-corrected chi connectivity index (χ3v) is 7.13. The van der Waals surface area contributed by atoms with Crippen molar-refractivity contribution < 1.29 is 8.42 Å². The molecular weight excluding hydrogens is 351 g/mol. The van der Waals surface area contributed by atoms with Crippen LogP contribution in [0.25, 0.3) is 0 Å². The Morgan fingerprint density at radius 1 is 1.38 bits per heavy atom. The van der Waals surface area contributed by atoms with Gasteiger partial charge in [-0.1, -0.05) is 30.1 Å². The van der Waals surface area contributed by atoms with Crippen LogP contribution in [0.4, 0.5) is 5.69 Å². The Kier molecular flexibility index (Phi) is 5.71. The number of rotatable bonds is 5. The Morgan fingerprint density at radius 2 is 2.10 bits per heavy atom. The van der Waals surface area contributed by atoms with Crippen molar-refractivity contribution in [3.05, 3.63) is 22.2 Å². The highest BCUT2D eigenvalue weighted by molar-refractivity contribution is 7.99. The highest BCUT2D eigenvalue weighted by Crippen LogP contribution is 2.34. The quantitative estimate of drug-likeness (QED) is 0.779. The first-order valence-corrected chi connectivity index (χ1v) is 10.0. The summed E-state index contributed by atoms with van der Waals surface area (Å²) in [4.78, 5) is -0.0161. The van der Waals surface area contributed by atoms with E-state index >= 15 is 0 Å². The number of anilines is 1. The molecule has 1 saturated carbocycles. The minimum Gasteiger partial charge on any atom is -0.396 e. The number of thioether (sulfide) groups is 1. The second-order valence-electron chi connectivity index (χ2n) is 4.98. The second-order valence-corrected chi connectivity index (χ2v) is 9.03. The van der Waals surface area contributed by atoms with Crippen molar-refractivity contribution >= 4 is 50.7 Å². The maximum Gasteiger partial charge on any atom is 0.242 e. The Bertz CT molecular complexity index is 623. The predicted octanol–water partition coefficient (Wildman–Crippen LogP) is 3.53. The molecular formula is C13H18Cl2N2O2S2. The molecule has 0 spiro atoms. The number of nitrogens with one attached hydrogen (secondary N) is 1. The molecule has 0 aromatic heterocycles. The Labute approximate surface area is 139 Å². The summed E-state index contributed by atoms with van der Waals surface area (Å²) in [6.07, 6.45) is 2.72. The zero-order chi connectivity index (χ0) is 15.6. The van der Waals surface area contributed by atoms with Crippen molar-refractivity contribution in [3.63, 3.8) is 0 Å². The highest BCUT2D eigenvalue weighted by Gasteiger charge is 2.30. The molecule has 0 radical (unpaired) electrons. The summed E-state index contributed by atoms with van der Waals surface area (Å²) >= 11 is 13.7. The van der Waals surface area contributed by atoms with Gasteiger partial charge in [0.2, 0.25) is 10.0 Å². The van der Waals surface area contributed by atoms with Gasteiger partial charge in [0.1, 0.15) is 4.90 Å². The Hall–Kier alpha value is -0.140. The molecule has 2 rings (SSSR count). The van der Waals surface area contributed by atoms with Crippen LogP contribution in [0.1, 0.15) is 26.2 Å². The van der Waals surface area contributed by atoms with E-state index in [-0.39, 0.29) is 26.7 Å². The lowest BCUT2D eigenvalue weighted by Gasteiger charge is -2.15. The molecule has 1 aliphatic rings. The molecule has 21 heavy (non-hydrogen) atoms. The van der Waals surface area contributed by atoms with Crippen LogP contribution >= 0.6 is 35.0 Å². The molecule has 4 nitrogen and oxygen atoms in total. The van der Waals surface area contributed by atoms with Gasteiger partial charge in [-0.3, -0.25) is 0 Å². The minimum atomic E-state index is -3.68. The molecule has 0 aliphatic heterocycles. The lowest BCUT2D eigenvalue weighted by atomic mass is 10.3. The molecule has 3 N–H and O–H groups in total. The number of nitrogens with two attached hydrogens (primary N) is 1. The third-order valence-electron chi connectivity index (χ3n) is 3.49. The molecule has 118 valence electrons. The average Bonchev–Trinajstić information content (AvgIpc) is 2.82. The van der Waals surface area contributed by atoms with E-state index in [4.69, 9.17) is 28.9 Å². The maximum atomic E-state index is 12.4. The van der Waals surface area contributed by atoms with Crippen LogP contribution in [-0.2, 0) is 10.0 Å². The monoisotopic (exact) mass is 368 g/mol. The SMILES string of the molecule is CCSC1CCC(NS(=O)(=O)c2ccc(Cl)c(N)c2Cl)C1. The van der Waals surface area contributed by atoms with Crippen LogP contribution < -0.4 is 10.5 Å². The van der Waals surface area contributed by atoms with E-state index in [2.05, 4.69) is 11.6 Å². The molecule has 1 fully saturated rings. The maximum absolute atomic E-state index is 12.4. The number of nitrogen functional groups attached to an aromatic ring is 1. The minimum absolute atomic E-state index is 0.0161. The van der Waals surface area contributed by atoms with Crippen molar-refractivity contribution in [1.29, 1.82) is 0 Å². The number of hydrogen-bond acceptors (Lipinski definition) is 4. The first-order valence-electron chi connectivity index (χ1n) is 6.72. The lowest BCUT2D eigenvalue weighted by Crippen LogP contribution is -2.33. The Balaban J connectivity index is 2.15. The number of hydrogen-bond donors (Lipinski definition) is 2. The summed E-state index contributed by atoms with van der Waals surface area (Å²) < 4.78 is 27.6. The summed E-state index contributed by atoms with van der Waals surface area (Å²) in [6, 6.07) is 2.78. The molecule has 0 bridgehead atoms. The molecule has 0 heterocycles. The zero-order valence-corrected chi connectivity index (χ0v) is 14.7. The normalized spacial score (nSPS) is 22.6. The predicted molar refractivity (Wildman–Crippen MR) is 90.8 cm³/mol. The summed E-state index contributed by atoms with van der Waals surface area (Å²) in [6.45, 7) is 2.11. The number of halogens is 2. The highest BCUT2D eigenvalue weighted by atomic mass is 35.5. The Morgan fingerprint density at radius 3 is 2.76 bits per heavy atom. The van der Waals surface area contributed by atoms with Gasteiger partial charge in [0.15, 0.2) is 0 Å².